The maximum absolute atomic E-state index is 9.42. The van der Waals surface area contributed by atoms with Gasteiger partial charge in [0.2, 0.25) is 0 Å². The molecule has 0 aliphatic rings. The van der Waals surface area contributed by atoms with E-state index in [1.165, 1.54) is 17.4 Å². The number of rotatable bonds is 5. The number of anilines is 1. The molecular weight excluding hydrogens is 280 g/mol. The third-order valence-electron chi connectivity index (χ3n) is 3.00. The Hall–Kier alpha value is -1.78. The summed E-state index contributed by atoms with van der Waals surface area (Å²) in [7, 11) is 4.04. The van der Waals surface area contributed by atoms with Crippen molar-refractivity contribution in [2.45, 2.75) is 11.4 Å². The summed E-state index contributed by atoms with van der Waals surface area (Å²) in [6.07, 6.45) is 0. The molecule has 4 heteroatoms. The zero-order chi connectivity index (χ0) is 15.1. The molecule has 0 saturated carbocycles. The topological polar surface area (TPSA) is 35.8 Å². The molecule has 2 aromatic rings. The fraction of sp³-hybridized carbons (Fsp3) is 0.235. The van der Waals surface area contributed by atoms with Crippen LogP contribution >= 0.6 is 11.8 Å². The Morgan fingerprint density at radius 3 is 2.29 bits per heavy atom. The van der Waals surface area contributed by atoms with Crippen LogP contribution in [0.1, 0.15) is 5.56 Å². The van der Waals surface area contributed by atoms with Crippen molar-refractivity contribution < 1.29 is 5.11 Å². The van der Waals surface area contributed by atoms with Crippen LogP contribution in [0.5, 0.6) is 0 Å². The van der Waals surface area contributed by atoms with Crippen LogP contribution < -0.4 is 4.90 Å². The zero-order valence-corrected chi connectivity index (χ0v) is 13.2. The monoisotopic (exact) mass is 300 g/mol. The number of aliphatic hydroxyl groups is 1. The van der Waals surface area contributed by atoms with E-state index in [2.05, 4.69) is 34.2 Å². The molecule has 0 atom stereocenters. The number of aliphatic hydroxyl groups excluding tert-OH is 1. The van der Waals surface area contributed by atoms with Crippen LogP contribution in [0.4, 0.5) is 5.69 Å². The molecule has 0 radical (unpaired) electrons. The lowest BCUT2D eigenvalue weighted by molar-refractivity contribution is 0.360. The van der Waals surface area contributed by atoms with E-state index in [1.807, 2.05) is 44.4 Å². The van der Waals surface area contributed by atoms with Crippen molar-refractivity contribution in [1.82, 2.24) is 0 Å². The molecule has 3 nitrogen and oxygen atoms in total. The molecule has 0 amide bonds. The van der Waals surface area contributed by atoms with Gasteiger partial charge in [0.05, 0.1) is 18.2 Å². The predicted octanol–water partition coefficient (Wildman–Crippen LogP) is 3.44. The highest BCUT2D eigenvalue weighted by Crippen LogP contribution is 2.20. The van der Waals surface area contributed by atoms with Crippen LogP contribution in [0.3, 0.4) is 0 Å². The summed E-state index contributed by atoms with van der Waals surface area (Å²) in [5, 5.41) is 10.2. The number of benzene rings is 2. The van der Waals surface area contributed by atoms with E-state index in [0.717, 1.165) is 15.5 Å². The molecule has 21 heavy (non-hydrogen) atoms. The fourth-order valence-electron chi connectivity index (χ4n) is 1.82. The Balaban J connectivity index is 2.00. The third-order valence-corrected chi connectivity index (χ3v) is 4.01. The van der Waals surface area contributed by atoms with Crippen LogP contribution in [0, 0.1) is 0 Å². The summed E-state index contributed by atoms with van der Waals surface area (Å²) in [6, 6.07) is 18.3. The molecule has 0 aliphatic heterocycles. The standard InChI is InChI=1S/C17H20N2OS/c1-19(2)15-10-8-14(9-11-15)12-18-17(13-20)21-16-6-4-3-5-7-16/h3-11,20H,12-13H2,1-2H3. The molecule has 0 aliphatic carbocycles. The highest BCUT2D eigenvalue weighted by atomic mass is 32.2. The van der Waals surface area contributed by atoms with Gasteiger partial charge in [-0.25, -0.2) is 0 Å². The molecule has 0 spiro atoms. The summed E-state index contributed by atoms with van der Waals surface area (Å²) in [4.78, 5) is 7.66. The van der Waals surface area contributed by atoms with Crippen molar-refractivity contribution >= 4 is 22.5 Å². The molecule has 2 aromatic carbocycles. The second kappa shape index (κ2) is 7.86. The first kappa shape index (κ1) is 15.6. The molecule has 0 bridgehead atoms. The molecule has 0 unspecified atom stereocenters. The van der Waals surface area contributed by atoms with Crippen molar-refractivity contribution in [3.63, 3.8) is 0 Å². The first-order valence-electron chi connectivity index (χ1n) is 6.82. The molecule has 2 rings (SSSR count). The van der Waals surface area contributed by atoms with Gasteiger partial charge in [-0.1, -0.05) is 42.1 Å². The van der Waals surface area contributed by atoms with E-state index in [9.17, 15) is 5.11 Å². The van der Waals surface area contributed by atoms with E-state index < -0.39 is 0 Å². The van der Waals surface area contributed by atoms with Gasteiger partial charge < -0.3 is 10.0 Å². The average molecular weight is 300 g/mol. The van der Waals surface area contributed by atoms with Crippen LogP contribution in [0.25, 0.3) is 0 Å². The Kier molecular flexibility index (Phi) is 5.84. The Bertz CT molecular complexity index is 579. The van der Waals surface area contributed by atoms with Gasteiger partial charge in [0.1, 0.15) is 0 Å². The van der Waals surface area contributed by atoms with E-state index in [1.54, 1.807) is 0 Å². The molecule has 110 valence electrons. The number of thioether (sulfide) groups is 1. The van der Waals surface area contributed by atoms with Crippen LogP contribution in [-0.2, 0) is 6.54 Å². The lowest BCUT2D eigenvalue weighted by Crippen LogP contribution is -2.08. The van der Waals surface area contributed by atoms with Gasteiger partial charge in [0.25, 0.3) is 0 Å². The minimum Gasteiger partial charge on any atom is -0.389 e. The van der Waals surface area contributed by atoms with E-state index in [0.29, 0.717) is 6.54 Å². The molecule has 0 heterocycles. The Morgan fingerprint density at radius 2 is 1.71 bits per heavy atom. The quantitative estimate of drug-likeness (QED) is 0.522. The van der Waals surface area contributed by atoms with Gasteiger partial charge in [0.15, 0.2) is 0 Å². The SMILES string of the molecule is CN(C)c1ccc(CN=C(CO)Sc2ccccc2)cc1. The molecular formula is C17H20N2OS. The largest absolute Gasteiger partial charge is 0.389 e. The predicted molar refractivity (Wildman–Crippen MR) is 91.3 cm³/mol. The molecule has 0 aromatic heterocycles. The second-order valence-corrected chi connectivity index (χ2v) is 5.99. The fourth-order valence-corrected chi connectivity index (χ4v) is 2.58. The maximum Gasteiger partial charge on any atom is 0.0982 e. The minimum absolute atomic E-state index is 0.0324. The van der Waals surface area contributed by atoms with E-state index in [4.69, 9.17) is 0 Å². The third kappa shape index (κ3) is 4.92. The van der Waals surface area contributed by atoms with Gasteiger partial charge >= 0.3 is 0 Å². The summed E-state index contributed by atoms with van der Waals surface area (Å²) >= 11 is 1.51. The highest BCUT2D eigenvalue weighted by Gasteiger charge is 2.01. The Labute approximate surface area is 130 Å². The van der Waals surface area contributed by atoms with Crippen LogP contribution in [0.15, 0.2) is 64.5 Å². The maximum atomic E-state index is 9.42. The zero-order valence-electron chi connectivity index (χ0n) is 12.4. The number of hydrogen-bond acceptors (Lipinski definition) is 4. The highest BCUT2D eigenvalue weighted by molar-refractivity contribution is 8.14. The number of aliphatic imine (C=N–C) groups is 1. The minimum atomic E-state index is -0.0324. The van der Waals surface area contributed by atoms with Crippen molar-refractivity contribution in [3.8, 4) is 0 Å². The average Bonchev–Trinajstić information content (AvgIpc) is 2.52. The summed E-state index contributed by atoms with van der Waals surface area (Å²) in [6.45, 7) is 0.554. The lowest BCUT2D eigenvalue weighted by Gasteiger charge is -2.12. The number of hydrogen-bond donors (Lipinski definition) is 1. The normalized spacial score (nSPS) is 11.5. The van der Waals surface area contributed by atoms with Gasteiger partial charge in [-0.05, 0) is 29.8 Å². The van der Waals surface area contributed by atoms with Crippen LogP contribution in [0.2, 0.25) is 0 Å². The molecule has 1 N–H and O–H groups in total. The van der Waals surface area contributed by atoms with Crippen molar-refractivity contribution in [2.75, 3.05) is 25.6 Å². The smallest absolute Gasteiger partial charge is 0.0982 e. The van der Waals surface area contributed by atoms with Crippen molar-refractivity contribution in [3.05, 3.63) is 60.2 Å². The summed E-state index contributed by atoms with van der Waals surface area (Å²) < 4.78 is 0. The number of nitrogens with zero attached hydrogens (tertiary/aromatic N) is 2. The Morgan fingerprint density at radius 1 is 1.05 bits per heavy atom. The van der Waals surface area contributed by atoms with Gasteiger partial charge in [0, 0.05) is 24.7 Å². The van der Waals surface area contributed by atoms with Gasteiger partial charge in [-0.15, -0.1) is 0 Å². The molecule has 0 saturated heterocycles. The van der Waals surface area contributed by atoms with E-state index in [-0.39, 0.29) is 6.61 Å². The summed E-state index contributed by atoms with van der Waals surface area (Å²) in [5.74, 6) is 0. The summed E-state index contributed by atoms with van der Waals surface area (Å²) in [5.41, 5.74) is 2.31. The van der Waals surface area contributed by atoms with Gasteiger partial charge in [-0.2, -0.15) is 0 Å². The molecule has 0 fully saturated rings. The van der Waals surface area contributed by atoms with Crippen LogP contribution in [-0.4, -0.2) is 30.9 Å². The first-order chi connectivity index (χ1) is 10.2. The van der Waals surface area contributed by atoms with E-state index >= 15 is 0 Å². The van der Waals surface area contributed by atoms with Crippen molar-refractivity contribution in [1.29, 1.82) is 0 Å². The van der Waals surface area contributed by atoms with Crippen molar-refractivity contribution in [2.24, 2.45) is 4.99 Å². The lowest BCUT2D eigenvalue weighted by atomic mass is 10.2. The first-order valence-corrected chi connectivity index (χ1v) is 7.64. The second-order valence-electron chi connectivity index (χ2n) is 4.84. The van der Waals surface area contributed by atoms with Gasteiger partial charge in [-0.3, -0.25) is 4.99 Å².